The van der Waals surface area contributed by atoms with E-state index < -0.39 is 29.7 Å². The third-order valence-electron chi connectivity index (χ3n) is 7.12. The molecule has 2 aliphatic carbocycles. The number of methoxy groups -OCH3 is 1. The van der Waals surface area contributed by atoms with Gasteiger partial charge in [-0.25, -0.2) is 4.79 Å². The molecule has 0 aromatic heterocycles. The zero-order chi connectivity index (χ0) is 19.7. The largest absolute Gasteiger partial charge is 0.493 e. The molecule has 4 aliphatic rings. The minimum absolute atomic E-state index is 0.000632. The molecular weight excluding hydrogens is 364 g/mol. The number of likely N-dealkylation sites (tertiary alicyclic amines) is 1. The Bertz CT molecular complexity index is 886. The molecule has 1 saturated carbocycles. The Morgan fingerprint density at radius 1 is 1.43 bits per heavy atom. The Hall–Kier alpha value is -2.32. The third-order valence-corrected chi connectivity index (χ3v) is 7.12. The molecule has 2 N–H and O–H groups in total. The Balaban J connectivity index is 1.69. The minimum atomic E-state index is -1.08. The van der Waals surface area contributed by atoms with Crippen molar-refractivity contribution >= 4 is 11.7 Å². The van der Waals surface area contributed by atoms with Crippen molar-refractivity contribution in [1.29, 1.82) is 0 Å². The van der Waals surface area contributed by atoms with E-state index in [0.717, 1.165) is 24.9 Å². The number of nitrogens with zero attached hydrogens (tertiary/aromatic N) is 2. The van der Waals surface area contributed by atoms with Crippen LogP contribution in [-0.4, -0.2) is 71.8 Å². The highest BCUT2D eigenvalue weighted by molar-refractivity contribution is 5.94. The van der Waals surface area contributed by atoms with Crippen LogP contribution < -0.4 is 9.47 Å². The molecule has 2 aliphatic heterocycles. The van der Waals surface area contributed by atoms with Crippen LogP contribution in [0.15, 0.2) is 17.3 Å². The molecule has 0 amide bonds. The lowest BCUT2D eigenvalue weighted by molar-refractivity contribution is -0.161. The summed E-state index contributed by atoms with van der Waals surface area (Å²) in [6.07, 6.45) is 2.04. The van der Waals surface area contributed by atoms with E-state index in [0.29, 0.717) is 30.1 Å². The number of carboxylic acids is 1. The van der Waals surface area contributed by atoms with Crippen molar-refractivity contribution in [2.45, 2.75) is 48.8 Å². The summed E-state index contributed by atoms with van der Waals surface area (Å²) in [5, 5.41) is 25.0. The first-order valence-electron chi connectivity index (χ1n) is 9.62. The highest BCUT2D eigenvalue weighted by atomic mass is 16.6. The van der Waals surface area contributed by atoms with Crippen LogP contribution in [0.2, 0.25) is 0 Å². The Morgan fingerprint density at radius 2 is 2.25 bits per heavy atom. The number of carbonyl (C=O) groups is 1. The second kappa shape index (κ2) is 5.84. The van der Waals surface area contributed by atoms with Crippen LogP contribution in [0, 0.1) is 0 Å². The van der Waals surface area contributed by atoms with Crippen molar-refractivity contribution in [2.24, 2.45) is 5.16 Å². The summed E-state index contributed by atoms with van der Waals surface area (Å²) in [5.41, 5.74) is 1.30. The predicted octanol–water partition coefficient (Wildman–Crippen LogP) is 0.936. The highest BCUT2D eigenvalue weighted by Crippen LogP contribution is 2.64. The van der Waals surface area contributed by atoms with E-state index in [4.69, 9.17) is 19.4 Å². The quantitative estimate of drug-likeness (QED) is 0.740. The fourth-order valence-corrected chi connectivity index (χ4v) is 5.97. The summed E-state index contributed by atoms with van der Waals surface area (Å²) in [6, 6.07) is 3.99. The maximum absolute atomic E-state index is 12.0. The molecule has 1 spiro atoms. The van der Waals surface area contributed by atoms with Gasteiger partial charge in [0.2, 0.25) is 6.61 Å². The van der Waals surface area contributed by atoms with Gasteiger partial charge >= 0.3 is 5.97 Å². The number of hydrogen-bond donors (Lipinski definition) is 2. The first-order valence-corrected chi connectivity index (χ1v) is 9.62. The number of piperidine rings is 1. The fourth-order valence-electron chi connectivity index (χ4n) is 5.97. The summed E-state index contributed by atoms with van der Waals surface area (Å²) < 4.78 is 12.0. The number of aliphatic hydroxyl groups is 1. The molecular formula is C20H24N2O6. The van der Waals surface area contributed by atoms with E-state index in [9.17, 15) is 9.90 Å². The Morgan fingerprint density at radius 3 is 3.00 bits per heavy atom. The molecule has 0 radical (unpaired) electrons. The molecule has 8 nitrogen and oxygen atoms in total. The third kappa shape index (κ3) is 2.02. The van der Waals surface area contributed by atoms with E-state index in [2.05, 4.69) is 23.2 Å². The molecule has 150 valence electrons. The SMILES string of the molecule is COc1ccc2c3c1O[C@H]1C(=NOCC(=O)O)CC[C@@]4(O)C(C2)N(C)CC[C@]314. The smallest absolute Gasteiger partial charge is 0.344 e. The van der Waals surface area contributed by atoms with E-state index in [-0.39, 0.29) is 6.04 Å². The van der Waals surface area contributed by atoms with Crippen molar-refractivity contribution in [3.63, 3.8) is 0 Å². The minimum Gasteiger partial charge on any atom is -0.493 e. The van der Waals surface area contributed by atoms with Crippen molar-refractivity contribution < 1.29 is 29.3 Å². The molecule has 2 fully saturated rings. The zero-order valence-electron chi connectivity index (χ0n) is 16.0. The average molecular weight is 388 g/mol. The van der Waals surface area contributed by atoms with Gasteiger partial charge in [-0.15, -0.1) is 0 Å². The number of ether oxygens (including phenoxy) is 2. The monoisotopic (exact) mass is 388 g/mol. The van der Waals surface area contributed by atoms with Crippen LogP contribution in [0.4, 0.5) is 0 Å². The normalized spacial score (nSPS) is 36.6. The van der Waals surface area contributed by atoms with Crippen molar-refractivity contribution in [2.75, 3.05) is 27.3 Å². The van der Waals surface area contributed by atoms with Gasteiger partial charge in [-0.05, 0) is 50.9 Å². The van der Waals surface area contributed by atoms with Gasteiger partial charge in [0.1, 0.15) is 0 Å². The molecule has 28 heavy (non-hydrogen) atoms. The lowest BCUT2D eigenvalue weighted by Crippen LogP contribution is -2.76. The predicted molar refractivity (Wildman–Crippen MR) is 99.0 cm³/mol. The molecule has 1 aromatic rings. The average Bonchev–Trinajstić information content (AvgIpc) is 3.01. The molecule has 5 rings (SSSR count). The van der Waals surface area contributed by atoms with Gasteiger partial charge in [0.05, 0.1) is 23.8 Å². The summed E-state index contributed by atoms with van der Waals surface area (Å²) in [6.45, 7) is 0.340. The van der Waals surface area contributed by atoms with Crippen LogP contribution in [0.25, 0.3) is 0 Å². The molecule has 4 atom stereocenters. The fraction of sp³-hybridized carbons (Fsp3) is 0.600. The number of aliphatic carboxylic acids is 1. The summed E-state index contributed by atoms with van der Waals surface area (Å²) in [5.74, 6) is 0.249. The summed E-state index contributed by atoms with van der Waals surface area (Å²) in [7, 11) is 3.67. The highest BCUT2D eigenvalue weighted by Gasteiger charge is 2.72. The first kappa shape index (κ1) is 17.8. The maximum atomic E-state index is 12.0. The van der Waals surface area contributed by atoms with Crippen LogP contribution in [0.3, 0.4) is 0 Å². The maximum Gasteiger partial charge on any atom is 0.344 e. The number of carboxylic acid groups (broad SMARTS) is 1. The molecule has 2 bridgehead atoms. The molecule has 1 aromatic carbocycles. The van der Waals surface area contributed by atoms with Gasteiger partial charge in [0, 0.05) is 11.6 Å². The molecule has 2 heterocycles. The summed E-state index contributed by atoms with van der Waals surface area (Å²) >= 11 is 0. The van der Waals surface area contributed by atoms with E-state index in [1.54, 1.807) is 7.11 Å². The van der Waals surface area contributed by atoms with Gasteiger partial charge in [0.25, 0.3) is 0 Å². The number of hydrogen-bond acceptors (Lipinski definition) is 7. The van der Waals surface area contributed by atoms with Gasteiger partial charge < -0.3 is 29.4 Å². The molecule has 1 saturated heterocycles. The second-order valence-electron chi connectivity index (χ2n) is 8.22. The molecule has 8 heteroatoms. The van der Waals surface area contributed by atoms with E-state index in [1.165, 1.54) is 5.56 Å². The number of oxime groups is 1. The summed E-state index contributed by atoms with van der Waals surface area (Å²) in [4.78, 5) is 18.1. The van der Waals surface area contributed by atoms with Gasteiger partial charge in [-0.2, -0.15) is 0 Å². The van der Waals surface area contributed by atoms with Gasteiger partial charge in [-0.1, -0.05) is 11.2 Å². The van der Waals surface area contributed by atoms with Crippen molar-refractivity contribution in [3.8, 4) is 11.5 Å². The number of benzene rings is 1. The topological polar surface area (TPSA) is 101 Å². The van der Waals surface area contributed by atoms with Gasteiger partial charge in [-0.3, -0.25) is 0 Å². The lowest BCUT2D eigenvalue weighted by Gasteiger charge is -2.62. The Labute approximate surface area is 162 Å². The van der Waals surface area contributed by atoms with Crippen molar-refractivity contribution in [3.05, 3.63) is 23.3 Å². The second-order valence-corrected chi connectivity index (χ2v) is 8.22. The van der Waals surface area contributed by atoms with Crippen LogP contribution in [0.5, 0.6) is 11.5 Å². The van der Waals surface area contributed by atoms with Gasteiger partial charge in [0.15, 0.2) is 17.6 Å². The molecule has 1 unspecified atom stereocenters. The first-order chi connectivity index (χ1) is 13.4. The standard InChI is InChI=1S/C20H24N2O6/c1-22-8-7-19-16-11-3-4-13(26-2)17(16)28-18(19)12(21-27-10-15(23)24)5-6-20(19,25)14(22)9-11/h3-4,14,18,25H,5-10H2,1-2H3,(H,23,24)/t14?,18-,19-,20+/m0/s1. The van der Waals surface area contributed by atoms with Crippen LogP contribution in [0.1, 0.15) is 30.4 Å². The van der Waals surface area contributed by atoms with Crippen LogP contribution >= 0.6 is 0 Å². The number of rotatable bonds is 4. The van der Waals surface area contributed by atoms with E-state index in [1.807, 2.05) is 6.07 Å². The Kier molecular flexibility index (Phi) is 3.70. The van der Waals surface area contributed by atoms with E-state index >= 15 is 0 Å². The van der Waals surface area contributed by atoms with Crippen molar-refractivity contribution in [1.82, 2.24) is 4.90 Å². The zero-order valence-corrected chi connectivity index (χ0v) is 16.0. The number of likely N-dealkylation sites (N-methyl/N-ethyl adjacent to an activating group) is 1. The van der Waals surface area contributed by atoms with Crippen LogP contribution in [-0.2, 0) is 21.5 Å². The lowest BCUT2D eigenvalue weighted by atomic mass is 9.49.